The average molecular weight is 579 g/mol. The van der Waals surface area contributed by atoms with Crippen LogP contribution in [0.1, 0.15) is 44.4 Å². The summed E-state index contributed by atoms with van der Waals surface area (Å²) in [7, 11) is 2.01. The lowest BCUT2D eigenvalue weighted by molar-refractivity contribution is 0.0158. The van der Waals surface area contributed by atoms with Gasteiger partial charge in [0.1, 0.15) is 23.6 Å². The lowest BCUT2D eigenvalue weighted by atomic mass is 9.99. The minimum Gasteiger partial charge on any atom is -0.444 e. The number of benzene rings is 2. The van der Waals surface area contributed by atoms with Crippen molar-refractivity contribution >= 4 is 45.4 Å². The highest BCUT2D eigenvalue weighted by atomic mass is 16.6. The Morgan fingerprint density at radius 1 is 1.02 bits per heavy atom. The number of nitrogens with one attached hydrogen (secondary N) is 1. The van der Waals surface area contributed by atoms with Crippen LogP contribution in [-0.4, -0.2) is 66.8 Å². The van der Waals surface area contributed by atoms with Gasteiger partial charge in [0.25, 0.3) is 0 Å². The van der Waals surface area contributed by atoms with Crippen molar-refractivity contribution in [2.75, 3.05) is 29.9 Å². The SMILES string of the molecule is Cc1cc(Nc2ncnc3cnc(N4CCN(C(=O)OC(C)(C)C)[C@H](C)C4)cc23)ccc1Cc1ccc2c(c1)ncn2C. The Bertz CT molecular complexity index is 1810. The van der Waals surface area contributed by atoms with Gasteiger partial charge in [-0.25, -0.2) is 24.7 Å². The van der Waals surface area contributed by atoms with E-state index >= 15 is 0 Å². The number of rotatable bonds is 5. The van der Waals surface area contributed by atoms with Crippen molar-refractivity contribution in [1.82, 2.24) is 29.4 Å². The number of nitrogens with zero attached hydrogens (tertiary/aromatic N) is 7. The van der Waals surface area contributed by atoms with Crippen molar-refractivity contribution in [2.45, 2.75) is 52.7 Å². The zero-order chi connectivity index (χ0) is 30.3. The van der Waals surface area contributed by atoms with Crippen molar-refractivity contribution < 1.29 is 9.53 Å². The Morgan fingerprint density at radius 3 is 2.63 bits per heavy atom. The number of anilines is 3. The van der Waals surface area contributed by atoms with E-state index in [0.29, 0.717) is 19.6 Å². The standard InChI is InChI=1S/C33H38N8O2/c1-21-13-25(9-8-24(21)14-23-7-10-29-27(15-23)37-20-39(29)6)38-31-26-16-30(34-17-28(26)35-19-36-31)40-11-12-41(22(2)18-40)32(42)43-33(3,4)5/h7-10,13,15-17,19-20,22H,11-12,14,18H2,1-6H3,(H,35,36,38)/t22-/m1/s1. The smallest absolute Gasteiger partial charge is 0.410 e. The van der Waals surface area contributed by atoms with Gasteiger partial charge in [0.2, 0.25) is 0 Å². The van der Waals surface area contributed by atoms with E-state index in [0.717, 1.165) is 45.7 Å². The van der Waals surface area contributed by atoms with Crippen LogP contribution >= 0.6 is 0 Å². The Morgan fingerprint density at radius 2 is 1.86 bits per heavy atom. The molecule has 2 aromatic carbocycles. The predicted octanol–water partition coefficient (Wildman–Crippen LogP) is 6.00. The number of hydrogen-bond acceptors (Lipinski definition) is 8. The molecule has 1 N–H and O–H groups in total. The molecular formula is C33H38N8O2. The highest BCUT2D eigenvalue weighted by molar-refractivity contribution is 5.92. The molecule has 10 nitrogen and oxygen atoms in total. The molecule has 5 aromatic rings. The first kappa shape index (κ1) is 28.4. The van der Waals surface area contributed by atoms with Gasteiger partial charge in [-0.3, -0.25) is 0 Å². The largest absolute Gasteiger partial charge is 0.444 e. The molecule has 4 heterocycles. The fraction of sp³-hybridized carbons (Fsp3) is 0.364. The number of imidazole rings is 1. The van der Waals surface area contributed by atoms with Crippen LogP contribution in [0.3, 0.4) is 0 Å². The number of amides is 1. The van der Waals surface area contributed by atoms with Crippen molar-refractivity contribution in [3.63, 3.8) is 0 Å². The second-order valence-electron chi connectivity index (χ2n) is 12.4. The Labute approximate surface area is 251 Å². The topological polar surface area (TPSA) is 101 Å². The second-order valence-corrected chi connectivity index (χ2v) is 12.4. The van der Waals surface area contributed by atoms with Gasteiger partial charge in [-0.05, 0) is 88.1 Å². The molecule has 43 heavy (non-hydrogen) atoms. The predicted molar refractivity (Wildman–Crippen MR) is 170 cm³/mol. The van der Waals surface area contributed by atoms with Crippen molar-refractivity contribution in [2.24, 2.45) is 7.05 Å². The highest BCUT2D eigenvalue weighted by Gasteiger charge is 2.31. The van der Waals surface area contributed by atoms with E-state index in [1.54, 1.807) is 17.4 Å². The van der Waals surface area contributed by atoms with Gasteiger partial charge in [-0.15, -0.1) is 0 Å². The maximum absolute atomic E-state index is 12.7. The third-order valence-corrected chi connectivity index (χ3v) is 7.88. The number of fused-ring (bicyclic) bond motifs is 2. The molecule has 1 aliphatic rings. The third kappa shape index (κ3) is 6.09. The van der Waals surface area contributed by atoms with Crippen LogP contribution in [0.25, 0.3) is 21.9 Å². The molecular weight excluding hydrogens is 540 g/mol. The number of aryl methyl sites for hydroxylation is 2. The summed E-state index contributed by atoms with van der Waals surface area (Å²) >= 11 is 0. The number of piperazine rings is 1. The van der Waals surface area contributed by atoms with Gasteiger partial charge in [0.05, 0.1) is 29.1 Å². The fourth-order valence-corrected chi connectivity index (χ4v) is 5.60. The summed E-state index contributed by atoms with van der Waals surface area (Å²) in [6.45, 7) is 11.7. The highest BCUT2D eigenvalue weighted by Crippen LogP contribution is 2.29. The summed E-state index contributed by atoms with van der Waals surface area (Å²) in [4.78, 5) is 34.9. The quantitative estimate of drug-likeness (QED) is 0.271. The van der Waals surface area contributed by atoms with Crippen molar-refractivity contribution in [3.8, 4) is 0 Å². The number of ether oxygens (including phenoxy) is 1. The van der Waals surface area contributed by atoms with Gasteiger partial charge in [0.15, 0.2) is 0 Å². The molecule has 0 unspecified atom stereocenters. The van der Waals surface area contributed by atoms with Gasteiger partial charge >= 0.3 is 6.09 Å². The maximum Gasteiger partial charge on any atom is 0.410 e. The van der Waals surface area contributed by atoms with Gasteiger partial charge in [-0.2, -0.15) is 0 Å². The monoisotopic (exact) mass is 578 g/mol. The number of hydrogen-bond donors (Lipinski definition) is 1. The van der Waals surface area contributed by atoms with E-state index < -0.39 is 5.60 Å². The number of carbonyl (C=O) groups excluding carboxylic acids is 1. The molecule has 1 amide bonds. The van der Waals surface area contributed by atoms with E-state index in [2.05, 4.69) is 68.5 Å². The van der Waals surface area contributed by atoms with E-state index in [1.165, 1.54) is 16.7 Å². The summed E-state index contributed by atoms with van der Waals surface area (Å²) in [6, 6.07) is 14.9. The molecule has 1 fully saturated rings. The number of pyridine rings is 1. The summed E-state index contributed by atoms with van der Waals surface area (Å²) in [5, 5.41) is 4.40. The third-order valence-electron chi connectivity index (χ3n) is 7.88. The molecule has 0 aliphatic carbocycles. The number of aromatic nitrogens is 5. The second kappa shape index (κ2) is 11.2. The summed E-state index contributed by atoms with van der Waals surface area (Å²) < 4.78 is 7.64. The van der Waals surface area contributed by atoms with Gasteiger partial charge < -0.3 is 24.4 Å². The van der Waals surface area contributed by atoms with Crippen LogP contribution in [-0.2, 0) is 18.2 Å². The van der Waals surface area contributed by atoms with Crippen LogP contribution in [0, 0.1) is 6.92 Å². The molecule has 3 aromatic heterocycles. The van der Waals surface area contributed by atoms with E-state index in [9.17, 15) is 4.79 Å². The van der Waals surface area contributed by atoms with E-state index in [-0.39, 0.29) is 12.1 Å². The lowest BCUT2D eigenvalue weighted by Crippen LogP contribution is -2.55. The molecule has 222 valence electrons. The van der Waals surface area contributed by atoms with E-state index in [4.69, 9.17) is 9.72 Å². The van der Waals surface area contributed by atoms with Crippen LogP contribution in [0.5, 0.6) is 0 Å². The van der Waals surface area contributed by atoms with Crippen molar-refractivity contribution in [3.05, 3.63) is 78.0 Å². The van der Waals surface area contributed by atoms with E-state index in [1.807, 2.05) is 51.7 Å². The first-order chi connectivity index (χ1) is 20.5. The van der Waals surface area contributed by atoms with Gasteiger partial charge in [-0.1, -0.05) is 12.1 Å². The van der Waals surface area contributed by atoms with Crippen LogP contribution < -0.4 is 10.2 Å². The first-order valence-electron chi connectivity index (χ1n) is 14.7. The molecule has 1 aliphatic heterocycles. The Hall–Kier alpha value is -4.73. The molecule has 0 saturated carbocycles. The fourth-order valence-electron chi connectivity index (χ4n) is 5.60. The van der Waals surface area contributed by atoms with Crippen LogP contribution in [0.4, 0.5) is 22.1 Å². The summed E-state index contributed by atoms with van der Waals surface area (Å²) in [5.74, 6) is 1.55. The lowest BCUT2D eigenvalue weighted by Gasteiger charge is -2.40. The maximum atomic E-state index is 12.7. The molecule has 0 bridgehead atoms. The Balaban J connectivity index is 1.18. The molecule has 1 saturated heterocycles. The van der Waals surface area contributed by atoms with Crippen LogP contribution in [0.15, 0.2) is 61.3 Å². The number of carbonyl (C=O) groups is 1. The zero-order valence-corrected chi connectivity index (χ0v) is 25.6. The minimum absolute atomic E-state index is 0.0157. The molecule has 10 heteroatoms. The minimum atomic E-state index is -0.523. The van der Waals surface area contributed by atoms with Gasteiger partial charge in [0, 0.05) is 43.8 Å². The summed E-state index contributed by atoms with van der Waals surface area (Å²) in [6.07, 6.45) is 5.76. The van der Waals surface area contributed by atoms with Crippen molar-refractivity contribution in [1.29, 1.82) is 0 Å². The molecule has 6 rings (SSSR count). The zero-order valence-electron chi connectivity index (χ0n) is 25.6. The average Bonchev–Trinajstić information content (AvgIpc) is 3.33. The molecule has 0 radical (unpaired) electrons. The molecule has 0 spiro atoms. The first-order valence-corrected chi connectivity index (χ1v) is 14.7. The Kier molecular flexibility index (Phi) is 7.37. The summed E-state index contributed by atoms with van der Waals surface area (Å²) in [5.41, 5.74) is 7.04. The molecule has 1 atom stereocenters. The van der Waals surface area contributed by atoms with Crippen LogP contribution in [0.2, 0.25) is 0 Å². The normalized spacial score (nSPS) is 15.7.